The monoisotopic (exact) mass is 304 g/mol. The van der Waals surface area contributed by atoms with Gasteiger partial charge in [0.05, 0.1) is 6.54 Å². The molecule has 0 unspecified atom stereocenters. The van der Waals surface area contributed by atoms with Gasteiger partial charge in [-0.2, -0.15) is 0 Å². The van der Waals surface area contributed by atoms with Gasteiger partial charge in [0.25, 0.3) is 0 Å². The van der Waals surface area contributed by atoms with Crippen molar-refractivity contribution in [2.75, 3.05) is 51.2 Å². The van der Waals surface area contributed by atoms with Gasteiger partial charge in [-0.15, -0.1) is 0 Å². The number of aliphatic imine (C=N–C) groups is 1. The predicted octanol–water partition coefficient (Wildman–Crippen LogP) is 0.908. The smallest absolute Gasteiger partial charge is 0.191 e. The van der Waals surface area contributed by atoms with E-state index in [9.17, 15) is 0 Å². The van der Waals surface area contributed by atoms with Crippen LogP contribution >= 0.6 is 0 Å². The first-order chi connectivity index (χ1) is 10.7. The van der Waals surface area contributed by atoms with Crippen molar-refractivity contribution in [1.82, 2.24) is 20.5 Å². The zero-order valence-corrected chi connectivity index (χ0v) is 14.0. The average molecular weight is 304 g/mol. The van der Waals surface area contributed by atoms with Crippen LogP contribution in [0.3, 0.4) is 0 Å². The molecule has 1 aromatic rings. The van der Waals surface area contributed by atoms with Gasteiger partial charge in [-0.05, 0) is 27.0 Å². The topological polar surface area (TPSA) is 55.8 Å². The SMILES string of the molecule is CCNC(=NCc1cccnc1N1CCN(C)CC1)NCC. The van der Waals surface area contributed by atoms with Crippen molar-refractivity contribution in [3.8, 4) is 0 Å². The lowest BCUT2D eigenvalue weighted by atomic mass is 10.2. The number of pyridine rings is 1. The Balaban J connectivity index is 2.09. The fraction of sp³-hybridized carbons (Fsp3) is 0.625. The van der Waals surface area contributed by atoms with Gasteiger partial charge in [0.1, 0.15) is 5.82 Å². The van der Waals surface area contributed by atoms with E-state index in [4.69, 9.17) is 0 Å². The van der Waals surface area contributed by atoms with E-state index in [1.165, 1.54) is 5.56 Å². The van der Waals surface area contributed by atoms with E-state index in [2.05, 4.69) is 57.4 Å². The summed E-state index contributed by atoms with van der Waals surface area (Å²) >= 11 is 0. The molecule has 22 heavy (non-hydrogen) atoms. The largest absolute Gasteiger partial charge is 0.357 e. The maximum absolute atomic E-state index is 4.66. The molecule has 0 bridgehead atoms. The highest BCUT2D eigenvalue weighted by atomic mass is 15.3. The zero-order valence-electron chi connectivity index (χ0n) is 14.0. The lowest BCUT2D eigenvalue weighted by molar-refractivity contribution is 0.312. The van der Waals surface area contributed by atoms with Gasteiger partial charge in [0, 0.05) is 51.0 Å². The van der Waals surface area contributed by atoms with Gasteiger partial charge >= 0.3 is 0 Å². The van der Waals surface area contributed by atoms with Crippen LogP contribution in [0, 0.1) is 0 Å². The number of rotatable bonds is 5. The normalized spacial score (nSPS) is 15.5. The maximum atomic E-state index is 4.66. The zero-order chi connectivity index (χ0) is 15.8. The van der Waals surface area contributed by atoms with Crippen LogP contribution in [0.5, 0.6) is 0 Å². The van der Waals surface area contributed by atoms with Gasteiger partial charge in [0.15, 0.2) is 5.96 Å². The maximum Gasteiger partial charge on any atom is 0.191 e. The fourth-order valence-electron chi connectivity index (χ4n) is 2.53. The minimum Gasteiger partial charge on any atom is -0.357 e. The van der Waals surface area contributed by atoms with Crippen LogP contribution in [-0.2, 0) is 6.54 Å². The second-order valence-electron chi connectivity index (χ2n) is 5.50. The molecular formula is C16H28N6. The highest BCUT2D eigenvalue weighted by Gasteiger charge is 2.17. The number of piperazine rings is 1. The van der Waals surface area contributed by atoms with Gasteiger partial charge in [-0.25, -0.2) is 9.98 Å². The van der Waals surface area contributed by atoms with Gasteiger partial charge < -0.3 is 20.4 Å². The second-order valence-corrected chi connectivity index (χ2v) is 5.50. The van der Waals surface area contributed by atoms with Crippen LogP contribution in [0.15, 0.2) is 23.3 Å². The second kappa shape index (κ2) is 8.58. The highest BCUT2D eigenvalue weighted by Crippen LogP contribution is 2.19. The summed E-state index contributed by atoms with van der Waals surface area (Å²) in [5.74, 6) is 1.94. The third-order valence-electron chi connectivity index (χ3n) is 3.77. The van der Waals surface area contributed by atoms with E-state index in [-0.39, 0.29) is 0 Å². The van der Waals surface area contributed by atoms with Crippen LogP contribution in [0.1, 0.15) is 19.4 Å². The molecule has 6 heteroatoms. The molecule has 1 saturated heterocycles. The molecule has 0 amide bonds. The Morgan fingerprint density at radius 1 is 1.18 bits per heavy atom. The predicted molar refractivity (Wildman–Crippen MR) is 92.4 cm³/mol. The summed E-state index contributed by atoms with van der Waals surface area (Å²) in [6, 6.07) is 4.12. The number of anilines is 1. The van der Waals surface area contributed by atoms with Gasteiger partial charge in [-0.3, -0.25) is 0 Å². The molecule has 0 radical (unpaired) electrons. The van der Waals surface area contributed by atoms with Gasteiger partial charge in [-0.1, -0.05) is 6.07 Å². The van der Waals surface area contributed by atoms with Gasteiger partial charge in [0.2, 0.25) is 0 Å². The number of nitrogens with zero attached hydrogens (tertiary/aromatic N) is 4. The third kappa shape index (κ3) is 4.59. The van der Waals surface area contributed by atoms with Crippen molar-refractivity contribution in [3.63, 3.8) is 0 Å². The Morgan fingerprint density at radius 2 is 1.86 bits per heavy atom. The number of likely N-dealkylation sites (N-methyl/N-ethyl adjacent to an activating group) is 1. The van der Waals surface area contributed by atoms with Crippen LogP contribution in [0.4, 0.5) is 5.82 Å². The van der Waals surface area contributed by atoms with E-state index in [0.717, 1.165) is 51.0 Å². The lowest BCUT2D eigenvalue weighted by Crippen LogP contribution is -2.45. The Labute approximate surface area is 133 Å². The molecule has 0 aliphatic carbocycles. The molecule has 1 aliphatic rings. The number of hydrogen-bond acceptors (Lipinski definition) is 4. The average Bonchev–Trinajstić information content (AvgIpc) is 2.54. The molecule has 6 nitrogen and oxygen atoms in total. The van der Waals surface area contributed by atoms with Crippen LogP contribution in [-0.4, -0.2) is 62.2 Å². The Bertz CT molecular complexity index is 471. The van der Waals surface area contributed by atoms with Crippen molar-refractivity contribution >= 4 is 11.8 Å². The Morgan fingerprint density at radius 3 is 2.50 bits per heavy atom. The molecule has 122 valence electrons. The molecule has 0 saturated carbocycles. The molecule has 2 rings (SSSR count). The number of aromatic nitrogens is 1. The van der Waals surface area contributed by atoms with Crippen LogP contribution in [0.2, 0.25) is 0 Å². The van der Waals surface area contributed by atoms with E-state index in [1.54, 1.807) is 0 Å². The van der Waals surface area contributed by atoms with E-state index in [1.807, 2.05) is 12.3 Å². The summed E-state index contributed by atoms with van der Waals surface area (Å²) in [5, 5.41) is 6.51. The fourth-order valence-corrected chi connectivity index (χ4v) is 2.53. The van der Waals surface area contributed by atoms with Crippen LogP contribution < -0.4 is 15.5 Å². The Hall–Kier alpha value is -1.82. The van der Waals surface area contributed by atoms with E-state index < -0.39 is 0 Å². The number of nitrogens with one attached hydrogen (secondary N) is 2. The summed E-state index contributed by atoms with van der Waals surface area (Å²) in [7, 11) is 2.17. The summed E-state index contributed by atoms with van der Waals surface area (Å²) in [4.78, 5) is 14.0. The highest BCUT2D eigenvalue weighted by molar-refractivity contribution is 5.79. The first-order valence-corrected chi connectivity index (χ1v) is 8.14. The summed E-state index contributed by atoms with van der Waals surface area (Å²) < 4.78 is 0. The molecule has 1 aromatic heterocycles. The van der Waals surface area contributed by atoms with Crippen molar-refractivity contribution in [2.45, 2.75) is 20.4 Å². The molecule has 2 heterocycles. The first-order valence-electron chi connectivity index (χ1n) is 8.14. The lowest BCUT2D eigenvalue weighted by Gasteiger charge is -2.34. The molecule has 1 fully saturated rings. The number of hydrogen-bond donors (Lipinski definition) is 2. The van der Waals surface area contributed by atoms with E-state index >= 15 is 0 Å². The summed E-state index contributed by atoms with van der Waals surface area (Å²) in [6.07, 6.45) is 1.87. The molecular weight excluding hydrogens is 276 g/mol. The minimum atomic E-state index is 0.644. The van der Waals surface area contributed by atoms with Crippen LogP contribution in [0.25, 0.3) is 0 Å². The first kappa shape index (κ1) is 16.5. The van der Waals surface area contributed by atoms with Crippen molar-refractivity contribution < 1.29 is 0 Å². The molecule has 0 aromatic carbocycles. The Kier molecular flexibility index (Phi) is 6.45. The molecule has 1 aliphatic heterocycles. The molecule has 2 N–H and O–H groups in total. The molecule has 0 atom stereocenters. The van der Waals surface area contributed by atoms with E-state index in [0.29, 0.717) is 6.54 Å². The standard InChI is InChI=1S/C16H28N6/c1-4-17-16(18-5-2)20-13-14-7-6-8-19-15(14)22-11-9-21(3)10-12-22/h6-8H,4-5,9-13H2,1-3H3,(H2,17,18,20). The quantitative estimate of drug-likeness (QED) is 0.625. The summed E-state index contributed by atoms with van der Waals surface area (Å²) in [5.41, 5.74) is 1.18. The minimum absolute atomic E-state index is 0.644. The number of guanidine groups is 1. The van der Waals surface area contributed by atoms with Crippen molar-refractivity contribution in [2.24, 2.45) is 4.99 Å². The summed E-state index contributed by atoms with van der Waals surface area (Å²) in [6.45, 7) is 10.7. The molecule has 0 spiro atoms. The van der Waals surface area contributed by atoms with Crippen molar-refractivity contribution in [1.29, 1.82) is 0 Å². The third-order valence-corrected chi connectivity index (χ3v) is 3.77. The van der Waals surface area contributed by atoms with Crippen molar-refractivity contribution in [3.05, 3.63) is 23.9 Å².